The molecule has 5 nitrogen and oxygen atoms in total. The summed E-state index contributed by atoms with van der Waals surface area (Å²) >= 11 is 0. The second-order valence-electron chi connectivity index (χ2n) is 5.39. The van der Waals surface area contributed by atoms with Gasteiger partial charge in [0.2, 0.25) is 0 Å². The minimum Gasteiger partial charge on any atom is -0.493 e. The van der Waals surface area contributed by atoms with Crippen LogP contribution in [0.2, 0.25) is 0 Å². The Balaban J connectivity index is 1.61. The Morgan fingerprint density at radius 3 is 2.61 bits per heavy atom. The minimum absolute atomic E-state index is 0.180. The largest absolute Gasteiger partial charge is 0.493 e. The van der Waals surface area contributed by atoms with Crippen molar-refractivity contribution in [2.45, 2.75) is 26.8 Å². The third kappa shape index (κ3) is 5.62. The first-order valence-corrected chi connectivity index (χ1v) is 7.76. The summed E-state index contributed by atoms with van der Waals surface area (Å²) in [5.74, 6) is 0.938. The van der Waals surface area contributed by atoms with Crippen LogP contribution in [0, 0.1) is 13.8 Å². The lowest BCUT2D eigenvalue weighted by molar-refractivity contribution is 0.238. The van der Waals surface area contributed by atoms with Gasteiger partial charge < -0.3 is 15.4 Å². The van der Waals surface area contributed by atoms with Crippen LogP contribution in [0.5, 0.6) is 5.75 Å². The zero-order valence-electron chi connectivity index (χ0n) is 13.6. The molecule has 2 rings (SSSR count). The molecule has 0 unspecified atom stereocenters. The number of aromatic nitrogens is 1. The Morgan fingerprint density at radius 1 is 1.13 bits per heavy atom. The zero-order chi connectivity index (χ0) is 16.5. The second-order valence-corrected chi connectivity index (χ2v) is 5.39. The summed E-state index contributed by atoms with van der Waals surface area (Å²) in [6.45, 7) is 5.69. The molecule has 1 heterocycles. The molecule has 0 saturated heterocycles. The zero-order valence-corrected chi connectivity index (χ0v) is 13.6. The molecule has 0 aliphatic carbocycles. The standard InChI is InChI=1S/C18H23N3O2/c1-14-6-3-7-15(2)17(14)23-11-5-10-20-18(22)21-13-16-8-4-9-19-12-16/h3-4,6-9,12H,5,10-11,13H2,1-2H3,(H2,20,21,22). The topological polar surface area (TPSA) is 63.2 Å². The second kappa shape index (κ2) is 8.78. The van der Waals surface area contributed by atoms with Crippen LogP contribution >= 0.6 is 0 Å². The Morgan fingerprint density at radius 2 is 1.91 bits per heavy atom. The first-order chi connectivity index (χ1) is 11.2. The summed E-state index contributed by atoms with van der Waals surface area (Å²) in [5, 5.41) is 5.61. The first kappa shape index (κ1) is 16.8. The van der Waals surface area contributed by atoms with Gasteiger partial charge in [0, 0.05) is 25.5 Å². The van der Waals surface area contributed by atoms with Gasteiger partial charge in [-0.05, 0) is 43.0 Å². The van der Waals surface area contributed by atoms with Crippen molar-refractivity contribution in [2.75, 3.05) is 13.2 Å². The molecular weight excluding hydrogens is 290 g/mol. The van der Waals surface area contributed by atoms with Gasteiger partial charge in [-0.3, -0.25) is 4.98 Å². The van der Waals surface area contributed by atoms with E-state index >= 15 is 0 Å². The van der Waals surface area contributed by atoms with E-state index in [1.54, 1.807) is 12.4 Å². The number of hydrogen-bond acceptors (Lipinski definition) is 3. The number of carbonyl (C=O) groups is 1. The van der Waals surface area contributed by atoms with Crippen molar-refractivity contribution in [3.63, 3.8) is 0 Å². The van der Waals surface area contributed by atoms with Crippen molar-refractivity contribution in [3.05, 3.63) is 59.4 Å². The number of nitrogens with one attached hydrogen (secondary N) is 2. The summed E-state index contributed by atoms with van der Waals surface area (Å²) in [4.78, 5) is 15.7. The molecule has 122 valence electrons. The van der Waals surface area contributed by atoms with Gasteiger partial charge in [-0.2, -0.15) is 0 Å². The molecule has 0 aliphatic heterocycles. The van der Waals surface area contributed by atoms with Gasteiger partial charge in [-0.1, -0.05) is 24.3 Å². The maximum absolute atomic E-state index is 11.7. The third-order valence-electron chi connectivity index (χ3n) is 3.44. The van der Waals surface area contributed by atoms with E-state index in [9.17, 15) is 4.79 Å². The fourth-order valence-corrected chi connectivity index (χ4v) is 2.22. The first-order valence-electron chi connectivity index (χ1n) is 7.76. The average Bonchev–Trinajstić information content (AvgIpc) is 2.56. The Kier molecular flexibility index (Phi) is 6.41. The van der Waals surface area contributed by atoms with Gasteiger partial charge >= 0.3 is 6.03 Å². The molecule has 2 amide bonds. The van der Waals surface area contributed by atoms with Crippen LogP contribution in [0.1, 0.15) is 23.1 Å². The van der Waals surface area contributed by atoms with E-state index < -0.39 is 0 Å². The number of nitrogens with zero attached hydrogens (tertiary/aromatic N) is 1. The number of aryl methyl sites for hydroxylation is 2. The molecule has 2 N–H and O–H groups in total. The van der Waals surface area contributed by atoms with Crippen molar-refractivity contribution < 1.29 is 9.53 Å². The SMILES string of the molecule is Cc1cccc(C)c1OCCCNC(=O)NCc1cccnc1. The molecule has 0 radical (unpaired) electrons. The van der Waals surface area contributed by atoms with Crippen LogP contribution < -0.4 is 15.4 Å². The number of carbonyl (C=O) groups excluding carboxylic acids is 1. The molecule has 5 heteroatoms. The number of urea groups is 1. The highest BCUT2D eigenvalue weighted by Gasteiger charge is 2.03. The number of amides is 2. The maximum atomic E-state index is 11.7. The Bertz CT molecular complexity index is 609. The lowest BCUT2D eigenvalue weighted by Gasteiger charge is -2.12. The van der Waals surface area contributed by atoms with Gasteiger partial charge in [-0.25, -0.2) is 4.79 Å². The van der Waals surface area contributed by atoms with E-state index in [0.29, 0.717) is 19.7 Å². The van der Waals surface area contributed by atoms with Gasteiger partial charge in [0.15, 0.2) is 0 Å². The van der Waals surface area contributed by atoms with Crippen molar-refractivity contribution in [3.8, 4) is 5.75 Å². The van der Waals surface area contributed by atoms with Crippen molar-refractivity contribution in [2.24, 2.45) is 0 Å². The predicted octanol–water partition coefficient (Wildman–Crippen LogP) is 2.97. The molecule has 0 bridgehead atoms. The van der Waals surface area contributed by atoms with Crippen molar-refractivity contribution in [1.82, 2.24) is 15.6 Å². The third-order valence-corrected chi connectivity index (χ3v) is 3.44. The summed E-state index contributed by atoms with van der Waals surface area (Å²) in [7, 11) is 0. The minimum atomic E-state index is -0.180. The summed E-state index contributed by atoms with van der Waals surface area (Å²) in [6.07, 6.45) is 4.20. The molecule has 2 aromatic rings. The predicted molar refractivity (Wildman–Crippen MR) is 90.5 cm³/mol. The molecule has 0 fully saturated rings. The quantitative estimate of drug-likeness (QED) is 0.773. The average molecular weight is 313 g/mol. The molecule has 0 spiro atoms. The highest BCUT2D eigenvalue weighted by Crippen LogP contribution is 2.22. The highest BCUT2D eigenvalue weighted by atomic mass is 16.5. The molecule has 0 saturated carbocycles. The van der Waals surface area contributed by atoms with Crippen molar-refractivity contribution >= 4 is 6.03 Å². The van der Waals surface area contributed by atoms with E-state index in [4.69, 9.17) is 4.74 Å². The molecular formula is C18H23N3O2. The number of rotatable bonds is 7. The van der Waals surface area contributed by atoms with E-state index in [2.05, 4.69) is 15.6 Å². The summed E-state index contributed by atoms with van der Waals surface area (Å²) in [6, 6.07) is 9.68. The Labute approximate surface area is 137 Å². The van der Waals surface area contributed by atoms with Gasteiger partial charge in [-0.15, -0.1) is 0 Å². The number of hydrogen-bond donors (Lipinski definition) is 2. The van der Waals surface area contributed by atoms with Gasteiger partial charge in [0.1, 0.15) is 5.75 Å². The number of para-hydroxylation sites is 1. The monoisotopic (exact) mass is 313 g/mol. The number of ether oxygens (including phenoxy) is 1. The maximum Gasteiger partial charge on any atom is 0.315 e. The van der Waals surface area contributed by atoms with E-state index in [-0.39, 0.29) is 6.03 Å². The van der Waals surface area contributed by atoms with Crippen LogP contribution in [0.25, 0.3) is 0 Å². The van der Waals surface area contributed by atoms with Crippen LogP contribution in [0.15, 0.2) is 42.7 Å². The van der Waals surface area contributed by atoms with Crippen LogP contribution in [0.3, 0.4) is 0 Å². The van der Waals surface area contributed by atoms with Crippen LogP contribution in [0.4, 0.5) is 4.79 Å². The lowest BCUT2D eigenvalue weighted by atomic mass is 10.1. The number of pyridine rings is 1. The highest BCUT2D eigenvalue weighted by molar-refractivity contribution is 5.73. The molecule has 0 atom stereocenters. The van der Waals surface area contributed by atoms with E-state index in [1.165, 1.54) is 0 Å². The molecule has 1 aromatic carbocycles. The normalized spacial score (nSPS) is 10.2. The van der Waals surface area contributed by atoms with Crippen LogP contribution in [-0.2, 0) is 6.54 Å². The lowest BCUT2D eigenvalue weighted by Crippen LogP contribution is -2.36. The van der Waals surface area contributed by atoms with Crippen LogP contribution in [-0.4, -0.2) is 24.2 Å². The fraction of sp³-hybridized carbons (Fsp3) is 0.333. The van der Waals surface area contributed by atoms with Gasteiger partial charge in [0.25, 0.3) is 0 Å². The fourth-order valence-electron chi connectivity index (χ4n) is 2.22. The number of benzene rings is 1. The summed E-state index contributed by atoms with van der Waals surface area (Å²) in [5.41, 5.74) is 3.24. The smallest absolute Gasteiger partial charge is 0.315 e. The van der Waals surface area contributed by atoms with E-state index in [0.717, 1.165) is 28.9 Å². The molecule has 0 aliphatic rings. The molecule has 23 heavy (non-hydrogen) atoms. The Hall–Kier alpha value is -2.56. The van der Waals surface area contributed by atoms with Gasteiger partial charge in [0.05, 0.1) is 6.61 Å². The summed E-state index contributed by atoms with van der Waals surface area (Å²) < 4.78 is 5.80. The van der Waals surface area contributed by atoms with Crippen molar-refractivity contribution in [1.29, 1.82) is 0 Å². The molecule has 1 aromatic heterocycles. The van der Waals surface area contributed by atoms with E-state index in [1.807, 2.05) is 44.2 Å².